The molecule has 0 radical (unpaired) electrons. The van der Waals surface area contributed by atoms with Crippen LogP contribution < -0.4 is 5.32 Å². The lowest BCUT2D eigenvalue weighted by atomic mass is 10.1. The Labute approximate surface area is 148 Å². The molecule has 1 aromatic heterocycles. The summed E-state index contributed by atoms with van der Waals surface area (Å²) >= 11 is 0. The first-order chi connectivity index (χ1) is 12.2. The number of aromatic nitrogens is 2. The monoisotopic (exact) mass is 348 g/mol. The molecule has 1 aromatic rings. The van der Waals surface area contributed by atoms with Gasteiger partial charge in [0.15, 0.2) is 0 Å². The molecule has 1 N–H and O–H groups in total. The highest BCUT2D eigenvalue weighted by atomic mass is 16.5. The van der Waals surface area contributed by atoms with Crippen LogP contribution in [-0.2, 0) is 9.47 Å². The molecule has 0 aromatic carbocycles. The molecule has 1 saturated carbocycles. The van der Waals surface area contributed by atoms with E-state index in [0.717, 1.165) is 57.5 Å². The molecule has 0 bridgehead atoms. The van der Waals surface area contributed by atoms with Gasteiger partial charge >= 0.3 is 0 Å². The first kappa shape index (κ1) is 17.0. The topological polar surface area (TPSA) is 68.6 Å². The summed E-state index contributed by atoms with van der Waals surface area (Å²) < 4.78 is 13.2. The summed E-state index contributed by atoms with van der Waals surface area (Å²) in [5.74, 6) is -0.0528. The number of ether oxygens (including phenoxy) is 2. The summed E-state index contributed by atoms with van der Waals surface area (Å²) in [6.07, 6.45) is 6.31. The fraction of sp³-hybridized carbons (Fsp3) is 0.778. The second-order valence-corrected chi connectivity index (χ2v) is 7.36. The van der Waals surface area contributed by atoms with E-state index in [2.05, 4.69) is 15.3 Å². The lowest BCUT2D eigenvalue weighted by Crippen LogP contribution is -2.48. The highest BCUT2D eigenvalue weighted by Crippen LogP contribution is 2.28. The van der Waals surface area contributed by atoms with Crippen molar-refractivity contribution in [3.8, 4) is 0 Å². The van der Waals surface area contributed by atoms with Crippen LogP contribution in [0.1, 0.15) is 47.8 Å². The zero-order chi connectivity index (χ0) is 17.2. The molecule has 1 unspecified atom stereocenters. The highest BCUT2D eigenvalue weighted by Gasteiger charge is 2.33. The van der Waals surface area contributed by atoms with Gasteiger partial charge in [-0.05, 0) is 32.6 Å². The number of nitrogens with one attached hydrogen (secondary N) is 1. The summed E-state index contributed by atoms with van der Waals surface area (Å²) in [5.41, 5.74) is 1.61. The number of hydrogen-bond donors (Lipinski definition) is 1. The second-order valence-electron chi connectivity index (χ2n) is 7.36. The molecule has 7 nitrogen and oxygen atoms in total. The average Bonchev–Trinajstić information content (AvgIpc) is 3.43. The molecule has 2 saturated heterocycles. The van der Waals surface area contributed by atoms with Gasteiger partial charge in [0.1, 0.15) is 0 Å². The first-order valence-electron chi connectivity index (χ1n) is 9.48. The van der Waals surface area contributed by atoms with Crippen molar-refractivity contribution in [1.29, 1.82) is 0 Å². The zero-order valence-corrected chi connectivity index (χ0v) is 14.9. The lowest BCUT2D eigenvalue weighted by Gasteiger charge is -2.33. The van der Waals surface area contributed by atoms with E-state index in [9.17, 15) is 4.79 Å². The molecule has 4 rings (SSSR count). The van der Waals surface area contributed by atoms with Crippen LogP contribution in [0.2, 0.25) is 0 Å². The van der Waals surface area contributed by atoms with Crippen LogP contribution in [0.4, 0.5) is 0 Å². The maximum atomic E-state index is 12.6. The maximum Gasteiger partial charge on any atom is 0.254 e. The van der Waals surface area contributed by atoms with E-state index in [1.165, 1.54) is 12.8 Å². The van der Waals surface area contributed by atoms with Gasteiger partial charge in [-0.25, -0.2) is 0 Å². The van der Waals surface area contributed by atoms with Gasteiger partial charge in [0, 0.05) is 44.6 Å². The average molecular weight is 348 g/mol. The minimum Gasteiger partial charge on any atom is -0.381 e. The van der Waals surface area contributed by atoms with Crippen molar-refractivity contribution in [3.05, 3.63) is 17.5 Å². The third kappa shape index (κ3) is 3.88. The Kier molecular flexibility index (Phi) is 5.05. The predicted molar refractivity (Wildman–Crippen MR) is 92.7 cm³/mol. The van der Waals surface area contributed by atoms with Crippen molar-refractivity contribution in [1.82, 2.24) is 20.0 Å². The smallest absolute Gasteiger partial charge is 0.254 e. The number of rotatable bonds is 5. The van der Waals surface area contributed by atoms with Crippen molar-refractivity contribution in [3.63, 3.8) is 0 Å². The van der Waals surface area contributed by atoms with Crippen molar-refractivity contribution in [2.45, 2.75) is 50.8 Å². The Balaban J connectivity index is 1.32. The molecule has 138 valence electrons. The number of amides is 1. The Morgan fingerprint density at radius 1 is 1.24 bits per heavy atom. The molecule has 3 aliphatic rings. The Bertz CT molecular complexity index is 607. The summed E-state index contributed by atoms with van der Waals surface area (Å²) in [6, 6.07) is 1.09. The molecule has 7 heteroatoms. The molecule has 1 amide bonds. The van der Waals surface area contributed by atoms with Gasteiger partial charge in [-0.2, -0.15) is 5.10 Å². The van der Waals surface area contributed by atoms with E-state index < -0.39 is 0 Å². The Hall–Kier alpha value is -1.44. The minimum absolute atomic E-state index is 0.0528. The number of morpholine rings is 1. The van der Waals surface area contributed by atoms with Crippen molar-refractivity contribution in [2.75, 3.05) is 39.5 Å². The minimum atomic E-state index is -0.0528. The molecule has 1 atom stereocenters. The third-order valence-electron chi connectivity index (χ3n) is 5.55. The fourth-order valence-electron chi connectivity index (χ4n) is 3.88. The summed E-state index contributed by atoms with van der Waals surface area (Å²) in [7, 11) is 0. The molecule has 3 heterocycles. The largest absolute Gasteiger partial charge is 0.381 e. The SMILES string of the molecule is Cc1c(C(=O)NCC2CN(C3CC3)CCO2)cnn1C1CCOCC1. The summed E-state index contributed by atoms with van der Waals surface area (Å²) in [6.45, 7) is 6.77. The van der Waals surface area contributed by atoms with Gasteiger partial charge in [0.05, 0.1) is 30.5 Å². The Morgan fingerprint density at radius 3 is 2.80 bits per heavy atom. The van der Waals surface area contributed by atoms with Crippen LogP contribution in [0, 0.1) is 6.92 Å². The van der Waals surface area contributed by atoms with E-state index in [1.807, 2.05) is 11.6 Å². The first-order valence-corrected chi connectivity index (χ1v) is 9.48. The predicted octanol–water partition coefficient (Wildman–Crippen LogP) is 1.14. The van der Waals surface area contributed by atoms with Crippen molar-refractivity contribution in [2.24, 2.45) is 0 Å². The zero-order valence-electron chi connectivity index (χ0n) is 14.9. The van der Waals surface area contributed by atoms with Gasteiger partial charge < -0.3 is 14.8 Å². The summed E-state index contributed by atoms with van der Waals surface area (Å²) in [4.78, 5) is 15.1. The van der Waals surface area contributed by atoms with Crippen molar-refractivity contribution < 1.29 is 14.3 Å². The molecule has 1 aliphatic carbocycles. The number of carbonyl (C=O) groups excluding carboxylic acids is 1. The van der Waals surface area contributed by atoms with E-state index in [0.29, 0.717) is 18.2 Å². The third-order valence-corrected chi connectivity index (χ3v) is 5.55. The van der Waals surface area contributed by atoms with E-state index >= 15 is 0 Å². The van der Waals surface area contributed by atoms with Gasteiger partial charge in [-0.3, -0.25) is 14.4 Å². The van der Waals surface area contributed by atoms with Crippen LogP contribution in [0.25, 0.3) is 0 Å². The van der Waals surface area contributed by atoms with Crippen LogP contribution >= 0.6 is 0 Å². The number of nitrogens with zero attached hydrogens (tertiary/aromatic N) is 3. The summed E-state index contributed by atoms with van der Waals surface area (Å²) in [5, 5.41) is 7.50. The molecule has 3 fully saturated rings. The second kappa shape index (κ2) is 7.43. The maximum absolute atomic E-state index is 12.6. The number of carbonyl (C=O) groups is 1. The van der Waals surface area contributed by atoms with E-state index in [4.69, 9.17) is 9.47 Å². The fourth-order valence-corrected chi connectivity index (χ4v) is 3.88. The normalized spacial score (nSPS) is 25.9. The van der Waals surface area contributed by atoms with E-state index in [1.54, 1.807) is 6.20 Å². The van der Waals surface area contributed by atoms with Gasteiger partial charge in [0.2, 0.25) is 0 Å². The number of hydrogen-bond acceptors (Lipinski definition) is 5. The van der Waals surface area contributed by atoms with E-state index in [-0.39, 0.29) is 12.0 Å². The van der Waals surface area contributed by atoms with Gasteiger partial charge in [0.25, 0.3) is 5.91 Å². The highest BCUT2D eigenvalue weighted by molar-refractivity contribution is 5.95. The van der Waals surface area contributed by atoms with Crippen LogP contribution in [-0.4, -0.2) is 72.2 Å². The molecular weight excluding hydrogens is 320 g/mol. The Morgan fingerprint density at radius 2 is 2.04 bits per heavy atom. The lowest BCUT2D eigenvalue weighted by molar-refractivity contribution is -0.0293. The molecule has 0 spiro atoms. The standard InChI is InChI=1S/C18H28N4O3/c1-13-17(11-20-22(13)15-4-7-24-8-5-15)18(23)19-10-16-12-21(6-9-25-16)14-2-3-14/h11,14-16H,2-10,12H2,1H3,(H,19,23). The van der Waals surface area contributed by atoms with Crippen molar-refractivity contribution >= 4 is 5.91 Å². The van der Waals surface area contributed by atoms with Gasteiger partial charge in [-0.1, -0.05) is 0 Å². The van der Waals surface area contributed by atoms with Crippen LogP contribution in [0.15, 0.2) is 6.20 Å². The molecule has 2 aliphatic heterocycles. The molecule has 25 heavy (non-hydrogen) atoms. The van der Waals surface area contributed by atoms with Crippen LogP contribution in [0.3, 0.4) is 0 Å². The quantitative estimate of drug-likeness (QED) is 0.864. The molecular formula is C18H28N4O3. The van der Waals surface area contributed by atoms with Crippen LogP contribution in [0.5, 0.6) is 0 Å². The van der Waals surface area contributed by atoms with Gasteiger partial charge in [-0.15, -0.1) is 0 Å².